The lowest BCUT2D eigenvalue weighted by atomic mass is 9.66. The van der Waals surface area contributed by atoms with Crippen molar-refractivity contribution in [2.45, 2.75) is 84.3 Å². The van der Waals surface area contributed by atoms with Gasteiger partial charge in [0.2, 0.25) is 11.8 Å². The number of benzene rings is 1. The average molecular weight is 519 g/mol. The quantitative estimate of drug-likeness (QED) is 0.495. The molecule has 3 aliphatic rings. The molecular formula is C29H43ClN2O4. The van der Waals surface area contributed by atoms with Gasteiger partial charge >= 0.3 is 0 Å². The molecule has 1 aromatic carbocycles. The van der Waals surface area contributed by atoms with Gasteiger partial charge in [0.25, 0.3) is 0 Å². The standard InChI is InChI=1S/C29H43ClN2O4/c1-19(2)25(31-24(34)16-28(18-33)14-20-5-6-21(13-20)15-28)26(35)32-12-11-29(36,27(3,4)17-32)22-7-9-23(30)10-8-22/h7-10,19-21,25,33,36H,5-6,11-18H2,1-4H3,(H,31,34)/t20?,21?,25-,28?,29+/m1/s1. The highest BCUT2D eigenvalue weighted by atomic mass is 35.5. The second kappa shape index (κ2) is 10.3. The Hall–Kier alpha value is -1.63. The summed E-state index contributed by atoms with van der Waals surface area (Å²) in [5.41, 5.74) is -1.24. The first kappa shape index (κ1) is 27.4. The summed E-state index contributed by atoms with van der Waals surface area (Å²) >= 11 is 6.05. The number of rotatable bonds is 7. The van der Waals surface area contributed by atoms with Crippen LogP contribution in [0.25, 0.3) is 0 Å². The van der Waals surface area contributed by atoms with Crippen LogP contribution in [0.4, 0.5) is 0 Å². The van der Waals surface area contributed by atoms with E-state index in [2.05, 4.69) is 5.32 Å². The normalized spacial score (nSPS) is 32.4. The van der Waals surface area contributed by atoms with Gasteiger partial charge in [-0.15, -0.1) is 0 Å². The van der Waals surface area contributed by atoms with Crippen LogP contribution >= 0.6 is 11.6 Å². The van der Waals surface area contributed by atoms with Gasteiger partial charge in [-0.05, 0) is 61.1 Å². The predicted molar refractivity (Wildman–Crippen MR) is 141 cm³/mol. The van der Waals surface area contributed by atoms with E-state index < -0.39 is 17.1 Å². The topological polar surface area (TPSA) is 89.9 Å². The number of aliphatic hydroxyl groups is 2. The van der Waals surface area contributed by atoms with Crippen LogP contribution in [0, 0.1) is 28.6 Å². The number of amides is 2. The molecule has 4 rings (SSSR count). The molecule has 0 aromatic heterocycles. The summed E-state index contributed by atoms with van der Waals surface area (Å²) in [6.45, 7) is 8.67. The number of fused-ring (bicyclic) bond motifs is 2. The van der Waals surface area contributed by atoms with Crippen LogP contribution in [0.1, 0.15) is 78.2 Å². The van der Waals surface area contributed by atoms with Crippen LogP contribution in [-0.4, -0.2) is 52.7 Å². The number of nitrogens with zero attached hydrogens (tertiary/aromatic N) is 1. The van der Waals surface area contributed by atoms with Gasteiger partial charge in [-0.25, -0.2) is 0 Å². The Morgan fingerprint density at radius 3 is 2.28 bits per heavy atom. The maximum atomic E-state index is 13.7. The number of piperidine rings is 1. The molecule has 1 saturated heterocycles. The maximum Gasteiger partial charge on any atom is 0.245 e. The highest BCUT2D eigenvalue weighted by molar-refractivity contribution is 6.30. The van der Waals surface area contributed by atoms with Gasteiger partial charge in [0, 0.05) is 42.0 Å². The second-order valence-electron chi connectivity index (χ2n) is 12.8. The highest BCUT2D eigenvalue weighted by Gasteiger charge is 2.50. The summed E-state index contributed by atoms with van der Waals surface area (Å²) in [5, 5.41) is 25.6. The van der Waals surface area contributed by atoms with Crippen molar-refractivity contribution in [1.82, 2.24) is 10.2 Å². The van der Waals surface area contributed by atoms with Crippen LogP contribution in [0.5, 0.6) is 0 Å². The molecule has 1 aromatic rings. The zero-order valence-electron chi connectivity index (χ0n) is 22.2. The van der Waals surface area contributed by atoms with E-state index in [1.807, 2.05) is 39.8 Å². The number of hydrogen-bond acceptors (Lipinski definition) is 4. The number of nitrogens with one attached hydrogen (secondary N) is 1. The van der Waals surface area contributed by atoms with E-state index in [1.54, 1.807) is 17.0 Å². The van der Waals surface area contributed by atoms with E-state index in [-0.39, 0.29) is 36.2 Å². The van der Waals surface area contributed by atoms with Crippen LogP contribution in [0.15, 0.2) is 24.3 Å². The van der Waals surface area contributed by atoms with Crippen molar-refractivity contribution in [3.8, 4) is 0 Å². The smallest absolute Gasteiger partial charge is 0.245 e. The Morgan fingerprint density at radius 1 is 1.14 bits per heavy atom. The third kappa shape index (κ3) is 5.32. The van der Waals surface area contributed by atoms with E-state index >= 15 is 0 Å². The first-order valence-electron chi connectivity index (χ1n) is 13.6. The summed E-state index contributed by atoms with van der Waals surface area (Å²) in [6.07, 6.45) is 6.11. The third-order valence-corrected chi connectivity index (χ3v) is 9.55. The van der Waals surface area contributed by atoms with Crippen molar-refractivity contribution < 1.29 is 19.8 Å². The molecule has 2 aliphatic carbocycles. The molecule has 1 aliphatic heterocycles. The minimum Gasteiger partial charge on any atom is -0.396 e. The summed E-state index contributed by atoms with van der Waals surface area (Å²) in [4.78, 5) is 28.7. The van der Waals surface area contributed by atoms with Crippen molar-refractivity contribution in [2.75, 3.05) is 19.7 Å². The molecule has 36 heavy (non-hydrogen) atoms. The first-order valence-corrected chi connectivity index (χ1v) is 13.9. The fraction of sp³-hybridized carbons (Fsp3) is 0.724. The molecule has 7 heteroatoms. The molecular weight excluding hydrogens is 476 g/mol. The molecule has 2 bridgehead atoms. The Balaban J connectivity index is 1.43. The zero-order valence-corrected chi connectivity index (χ0v) is 23.0. The number of carbonyl (C=O) groups is 2. The van der Waals surface area contributed by atoms with E-state index in [1.165, 1.54) is 19.3 Å². The summed E-state index contributed by atoms with van der Waals surface area (Å²) in [7, 11) is 0. The molecule has 4 atom stereocenters. The average Bonchev–Trinajstić information content (AvgIpc) is 3.17. The van der Waals surface area contributed by atoms with E-state index in [4.69, 9.17) is 11.6 Å². The van der Waals surface area contributed by atoms with Gasteiger partial charge in [0.15, 0.2) is 0 Å². The van der Waals surface area contributed by atoms with Crippen molar-refractivity contribution in [3.63, 3.8) is 0 Å². The summed E-state index contributed by atoms with van der Waals surface area (Å²) in [6, 6.07) is 6.64. The predicted octanol–water partition coefficient (Wildman–Crippen LogP) is 4.51. The van der Waals surface area contributed by atoms with Crippen molar-refractivity contribution in [3.05, 3.63) is 34.9 Å². The van der Waals surface area contributed by atoms with E-state index in [0.29, 0.717) is 36.4 Å². The van der Waals surface area contributed by atoms with Crippen molar-refractivity contribution in [1.29, 1.82) is 0 Å². The number of carbonyl (C=O) groups excluding carboxylic acids is 2. The highest BCUT2D eigenvalue weighted by Crippen LogP contribution is 2.52. The van der Waals surface area contributed by atoms with Gasteiger partial charge < -0.3 is 20.4 Å². The lowest BCUT2D eigenvalue weighted by Gasteiger charge is -2.51. The molecule has 6 nitrogen and oxygen atoms in total. The van der Waals surface area contributed by atoms with Crippen molar-refractivity contribution >= 4 is 23.4 Å². The fourth-order valence-corrected chi connectivity index (χ4v) is 7.36. The molecule has 200 valence electrons. The minimum absolute atomic E-state index is 0.0251. The van der Waals surface area contributed by atoms with Gasteiger partial charge in [-0.1, -0.05) is 64.3 Å². The first-order chi connectivity index (χ1) is 16.9. The molecule has 2 saturated carbocycles. The molecule has 2 amide bonds. The lowest BCUT2D eigenvalue weighted by molar-refractivity contribution is -0.157. The SMILES string of the molecule is CC(C)[C@@H](NC(=O)CC1(CO)CC2CCC(C2)C1)C(=O)N1CC[C@](O)(c2ccc(Cl)cc2)C(C)(C)C1. The van der Waals surface area contributed by atoms with Crippen LogP contribution in [0.3, 0.4) is 0 Å². The van der Waals surface area contributed by atoms with E-state index in [9.17, 15) is 19.8 Å². The van der Waals surface area contributed by atoms with Gasteiger partial charge in [0.1, 0.15) is 6.04 Å². The van der Waals surface area contributed by atoms with Gasteiger partial charge in [-0.2, -0.15) is 0 Å². The molecule has 1 heterocycles. The van der Waals surface area contributed by atoms with Crippen molar-refractivity contribution in [2.24, 2.45) is 28.6 Å². The van der Waals surface area contributed by atoms with Crippen LogP contribution < -0.4 is 5.32 Å². The van der Waals surface area contributed by atoms with Crippen LogP contribution in [-0.2, 0) is 15.2 Å². The molecule has 3 N–H and O–H groups in total. The minimum atomic E-state index is -1.08. The Morgan fingerprint density at radius 2 is 1.75 bits per heavy atom. The number of halogens is 1. The largest absolute Gasteiger partial charge is 0.396 e. The number of hydrogen-bond donors (Lipinski definition) is 3. The molecule has 3 fully saturated rings. The lowest BCUT2D eigenvalue weighted by Crippen LogP contribution is -2.60. The third-order valence-electron chi connectivity index (χ3n) is 9.30. The zero-order chi connectivity index (χ0) is 26.3. The second-order valence-corrected chi connectivity index (χ2v) is 13.3. The molecule has 2 unspecified atom stereocenters. The van der Waals surface area contributed by atoms with E-state index in [0.717, 1.165) is 18.4 Å². The van der Waals surface area contributed by atoms with Gasteiger partial charge in [-0.3, -0.25) is 9.59 Å². The Labute approximate surface area is 220 Å². The Bertz CT molecular complexity index is 951. The molecule has 0 radical (unpaired) electrons. The Kier molecular flexibility index (Phi) is 7.81. The van der Waals surface area contributed by atoms with Crippen LogP contribution in [0.2, 0.25) is 5.02 Å². The van der Waals surface area contributed by atoms with Gasteiger partial charge in [0.05, 0.1) is 5.60 Å². The number of likely N-dealkylation sites (tertiary alicyclic amines) is 1. The summed E-state index contributed by atoms with van der Waals surface area (Å²) in [5.74, 6) is 0.898. The maximum absolute atomic E-state index is 13.7. The number of aliphatic hydroxyl groups excluding tert-OH is 1. The monoisotopic (exact) mass is 518 g/mol. The fourth-order valence-electron chi connectivity index (χ4n) is 7.23. The summed E-state index contributed by atoms with van der Waals surface area (Å²) < 4.78 is 0. The molecule has 0 spiro atoms.